The highest BCUT2D eigenvalue weighted by atomic mass is 16.4. The highest BCUT2D eigenvalue weighted by Gasteiger charge is 2.21. The summed E-state index contributed by atoms with van der Waals surface area (Å²) in [5.41, 5.74) is 0.191. The molecule has 0 spiro atoms. The summed E-state index contributed by atoms with van der Waals surface area (Å²) in [5.74, 6) is -0.368. The fraction of sp³-hybridized carbons (Fsp3) is 0.815. The number of rotatable bonds is 11. The lowest BCUT2D eigenvalue weighted by molar-refractivity contribution is -0.133. The predicted molar refractivity (Wildman–Crippen MR) is 142 cm³/mol. The van der Waals surface area contributed by atoms with Gasteiger partial charge in [-0.05, 0) is 58.0 Å². The molecule has 2 N–H and O–H groups in total. The van der Waals surface area contributed by atoms with Crippen LogP contribution in [-0.2, 0) is 14.4 Å². The second kappa shape index (κ2) is 20.5. The summed E-state index contributed by atoms with van der Waals surface area (Å²) in [6, 6.07) is 0.521. The van der Waals surface area contributed by atoms with Gasteiger partial charge in [-0.15, -0.1) is 0 Å². The molecular weight excluding hydrogens is 430 g/mol. The topological polar surface area (TPSA) is 90.0 Å². The first-order valence-electron chi connectivity index (χ1n) is 13.0. The minimum atomic E-state index is -1.01. The molecule has 1 fully saturated rings. The highest BCUT2D eigenvalue weighted by molar-refractivity contribution is 5.86. The van der Waals surface area contributed by atoms with E-state index in [1.807, 2.05) is 13.8 Å². The second-order valence-corrected chi connectivity index (χ2v) is 10.2. The number of carboxylic acid groups (broad SMARTS) is 1. The lowest BCUT2D eigenvalue weighted by Crippen LogP contribution is -2.43. The maximum atomic E-state index is 11.7. The monoisotopic (exact) mass is 483 g/mol. The summed E-state index contributed by atoms with van der Waals surface area (Å²) >= 11 is 0. The molecule has 0 aromatic carbocycles. The van der Waals surface area contributed by atoms with Crippen molar-refractivity contribution in [2.24, 2.45) is 11.8 Å². The normalized spacial score (nSPS) is 15.9. The van der Waals surface area contributed by atoms with Gasteiger partial charge >= 0.3 is 5.97 Å². The minimum Gasteiger partial charge on any atom is -0.478 e. The average molecular weight is 484 g/mol. The Hall–Kier alpha value is -1.89. The first-order chi connectivity index (χ1) is 15.9. The summed E-state index contributed by atoms with van der Waals surface area (Å²) in [6.45, 7) is 19.1. The number of piperidine rings is 1. The molecule has 1 rings (SSSR count). The largest absolute Gasteiger partial charge is 0.478 e. The van der Waals surface area contributed by atoms with Crippen molar-refractivity contribution in [2.75, 3.05) is 26.7 Å². The number of hydrogen-bond donors (Lipinski definition) is 2. The van der Waals surface area contributed by atoms with Crippen molar-refractivity contribution in [3.63, 3.8) is 0 Å². The first-order valence-corrected chi connectivity index (χ1v) is 13.0. The summed E-state index contributed by atoms with van der Waals surface area (Å²) in [5, 5.41) is 11.1. The first kappa shape index (κ1) is 34.3. The van der Waals surface area contributed by atoms with Crippen LogP contribution in [0.5, 0.6) is 0 Å². The van der Waals surface area contributed by atoms with Gasteiger partial charge in [0.05, 0.1) is 12.6 Å². The van der Waals surface area contributed by atoms with Crippen LogP contribution in [0.3, 0.4) is 0 Å². The van der Waals surface area contributed by atoms with E-state index < -0.39 is 5.97 Å². The number of carbonyl (C=O) groups excluding carboxylic acids is 2. The Kier molecular flexibility index (Phi) is 20.6. The molecule has 0 saturated carbocycles. The number of hydrogen-bond acceptors (Lipinski definition) is 4. The van der Waals surface area contributed by atoms with Crippen molar-refractivity contribution in [1.29, 1.82) is 0 Å². The molecule has 0 aliphatic carbocycles. The van der Waals surface area contributed by atoms with Gasteiger partial charge in [0.2, 0.25) is 12.3 Å². The molecule has 1 aliphatic heterocycles. The van der Waals surface area contributed by atoms with Gasteiger partial charge in [0.15, 0.2) is 0 Å². The number of amides is 2. The molecule has 7 heteroatoms. The second-order valence-electron chi connectivity index (χ2n) is 10.2. The fourth-order valence-electron chi connectivity index (χ4n) is 3.54. The summed E-state index contributed by atoms with van der Waals surface area (Å²) < 4.78 is 0. The summed E-state index contributed by atoms with van der Waals surface area (Å²) in [7, 11) is 1.59. The standard InChI is InChI=1S/C12H20N2O4.C11H23N.C4H10/c1-8(2)10(5-9(3)12(17)18)14(4)11(16)6-13-7-15;1-3-4-8-11(2)12-9-6-5-7-10-12;1-4(2)3/h5,7-8,10H,6H2,1-4H3,(H,13,15)(H,17,18);11H,3-10H2,1-2H3;4H,1-3H3/b9-5+;;/t10-;;/m1../s1. The van der Waals surface area contributed by atoms with Crippen molar-refractivity contribution >= 4 is 18.3 Å². The van der Waals surface area contributed by atoms with Crippen molar-refractivity contribution in [2.45, 2.75) is 106 Å². The van der Waals surface area contributed by atoms with Crippen LogP contribution < -0.4 is 5.32 Å². The van der Waals surface area contributed by atoms with Crippen LogP contribution in [0.1, 0.15) is 93.9 Å². The SMILES string of the molecule is C/C(=C\[C@H](C(C)C)N(C)C(=O)CNC=O)C(=O)O.CC(C)C.CCCCC(C)N1CCCCC1. The van der Waals surface area contributed by atoms with Crippen molar-refractivity contribution in [3.05, 3.63) is 11.6 Å². The summed E-state index contributed by atoms with van der Waals surface area (Å²) in [4.78, 5) is 36.8. The lowest BCUT2D eigenvalue weighted by Gasteiger charge is -2.32. The Labute approximate surface area is 209 Å². The highest BCUT2D eigenvalue weighted by Crippen LogP contribution is 2.15. The van der Waals surface area contributed by atoms with E-state index in [1.54, 1.807) is 13.1 Å². The van der Waals surface area contributed by atoms with Gasteiger partial charge in [-0.3, -0.25) is 9.59 Å². The Bertz CT molecular complexity index is 582. The molecule has 1 aliphatic rings. The molecular formula is C27H53N3O4. The summed E-state index contributed by atoms with van der Waals surface area (Å²) in [6.07, 6.45) is 10.5. The van der Waals surface area contributed by atoms with Crippen LogP contribution in [0.2, 0.25) is 0 Å². The van der Waals surface area contributed by atoms with E-state index in [0.29, 0.717) is 6.41 Å². The van der Waals surface area contributed by atoms with Crippen LogP contribution in [0.4, 0.5) is 0 Å². The maximum absolute atomic E-state index is 11.7. The molecule has 1 saturated heterocycles. The third kappa shape index (κ3) is 17.6. The van der Waals surface area contributed by atoms with Crippen molar-refractivity contribution in [3.8, 4) is 0 Å². The van der Waals surface area contributed by atoms with Gasteiger partial charge in [0.25, 0.3) is 0 Å². The molecule has 0 bridgehead atoms. The Morgan fingerprint density at radius 3 is 2.00 bits per heavy atom. The van der Waals surface area contributed by atoms with Gasteiger partial charge in [-0.2, -0.15) is 0 Å². The van der Waals surface area contributed by atoms with E-state index in [-0.39, 0.29) is 30.0 Å². The number of carbonyl (C=O) groups is 3. The van der Waals surface area contributed by atoms with E-state index in [2.05, 4.69) is 44.8 Å². The Morgan fingerprint density at radius 2 is 1.59 bits per heavy atom. The molecule has 1 unspecified atom stereocenters. The zero-order valence-electron chi connectivity index (χ0n) is 23.4. The molecule has 0 aromatic rings. The number of unbranched alkanes of at least 4 members (excludes halogenated alkanes) is 1. The van der Waals surface area contributed by atoms with E-state index >= 15 is 0 Å². The average Bonchev–Trinajstić information content (AvgIpc) is 2.79. The Balaban J connectivity index is 0. The number of likely N-dealkylation sites (N-methyl/N-ethyl adjacent to an activating group) is 1. The molecule has 7 nitrogen and oxygen atoms in total. The molecule has 0 aromatic heterocycles. The molecule has 200 valence electrons. The third-order valence-electron chi connectivity index (χ3n) is 5.61. The van der Waals surface area contributed by atoms with E-state index in [9.17, 15) is 14.4 Å². The minimum absolute atomic E-state index is 0.0736. The van der Waals surface area contributed by atoms with E-state index in [0.717, 1.165) is 12.0 Å². The van der Waals surface area contributed by atoms with Gasteiger partial charge in [0, 0.05) is 18.7 Å². The van der Waals surface area contributed by atoms with Crippen molar-refractivity contribution in [1.82, 2.24) is 15.1 Å². The number of nitrogens with one attached hydrogen (secondary N) is 1. The van der Waals surface area contributed by atoms with Gasteiger partial charge in [-0.25, -0.2) is 4.79 Å². The number of nitrogens with zero attached hydrogens (tertiary/aromatic N) is 2. The predicted octanol–water partition coefficient (Wildman–Crippen LogP) is 4.96. The van der Waals surface area contributed by atoms with Crippen LogP contribution in [0.15, 0.2) is 11.6 Å². The number of carboxylic acids is 1. The van der Waals surface area contributed by atoms with Crippen LogP contribution in [0.25, 0.3) is 0 Å². The molecule has 0 radical (unpaired) electrons. The quantitative estimate of drug-likeness (QED) is 0.320. The number of aliphatic carboxylic acids is 1. The van der Waals surface area contributed by atoms with Crippen LogP contribution in [-0.4, -0.2) is 72.0 Å². The van der Waals surface area contributed by atoms with Crippen LogP contribution >= 0.6 is 0 Å². The zero-order valence-corrected chi connectivity index (χ0v) is 23.4. The van der Waals surface area contributed by atoms with Crippen molar-refractivity contribution < 1.29 is 19.5 Å². The number of likely N-dealkylation sites (tertiary alicyclic amines) is 1. The lowest BCUT2D eigenvalue weighted by atomic mass is 10.00. The molecule has 2 atom stereocenters. The smallest absolute Gasteiger partial charge is 0.331 e. The third-order valence-corrected chi connectivity index (χ3v) is 5.61. The van der Waals surface area contributed by atoms with Gasteiger partial charge in [0.1, 0.15) is 0 Å². The fourth-order valence-corrected chi connectivity index (χ4v) is 3.54. The zero-order chi connectivity index (χ0) is 26.7. The van der Waals surface area contributed by atoms with E-state index in [1.165, 1.54) is 63.4 Å². The maximum Gasteiger partial charge on any atom is 0.331 e. The van der Waals surface area contributed by atoms with E-state index in [4.69, 9.17) is 5.11 Å². The van der Waals surface area contributed by atoms with Gasteiger partial charge in [-0.1, -0.05) is 66.9 Å². The molecule has 1 heterocycles. The van der Waals surface area contributed by atoms with Gasteiger partial charge < -0.3 is 20.2 Å². The Morgan fingerprint density at radius 1 is 1.06 bits per heavy atom. The van der Waals surface area contributed by atoms with Crippen LogP contribution in [0, 0.1) is 11.8 Å². The molecule has 34 heavy (non-hydrogen) atoms. The molecule has 2 amide bonds.